The summed E-state index contributed by atoms with van der Waals surface area (Å²) in [4.78, 5) is 9.77. The van der Waals surface area contributed by atoms with Crippen LogP contribution in [0.1, 0.15) is 6.92 Å². The number of carboxylic acids is 1. The highest BCUT2D eigenvalue weighted by Crippen LogP contribution is 1.92. The predicted octanol–water partition coefficient (Wildman–Crippen LogP) is -0.698. The van der Waals surface area contributed by atoms with Crippen molar-refractivity contribution in [1.29, 1.82) is 0 Å². The van der Waals surface area contributed by atoms with Crippen LogP contribution in [0.2, 0.25) is 0 Å². The number of carboxylic acid groups (broad SMARTS) is 1. The maximum Gasteiger partial charge on any atom is 0.0450 e. The largest absolute Gasteiger partial charge is 0.550 e. The molecule has 0 aromatic heterocycles. The van der Waals surface area contributed by atoms with E-state index in [1.807, 2.05) is 0 Å². The molecule has 0 rings (SSSR count). The Bertz CT molecular complexity index is 72.1. The van der Waals surface area contributed by atoms with Crippen LogP contribution >= 0.6 is 12.6 Å². The van der Waals surface area contributed by atoms with Crippen LogP contribution in [0.4, 0.5) is 0 Å². The highest BCUT2D eigenvalue weighted by molar-refractivity contribution is 7.80. The van der Waals surface area contributed by atoms with E-state index < -0.39 is 11.9 Å². The zero-order valence-corrected chi connectivity index (χ0v) is 4.94. The van der Waals surface area contributed by atoms with Gasteiger partial charge in [-0.3, -0.25) is 0 Å². The van der Waals surface area contributed by atoms with Gasteiger partial charge < -0.3 is 9.90 Å². The van der Waals surface area contributed by atoms with Crippen LogP contribution in [0, 0.1) is 5.92 Å². The molecule has 7 heavy (non-hydrogen) atoms. The summed E-state index contributed by atoms with van der Waals surface area (Å²) in [7, 11) is 0. The van der Waals surface area contributed by atoms with E-state index in [-0.39, 0.29) is 0 Å². The van der Waals surface area contributed by atoms with Gasteiger partial charge in [0, 0.05) is 11.9 Å². The van der Waals surface area contributed by atoms with Gasteiger partial charge in [-0.25, -0.2) is 0 Å². The molecule has 0 unspecified atom stereocenters. The number of carbonyl (C=O) groups excluding carboxylic acids is 1. The Labute approximate surface area is 47.9 Å². The van der Waals surface area contributed by atoms with E-state index in [0.29, 0.717) is 5.75 Å². The minimum absolute atomic E-state index is 0.350. The standard InChI is InChI=1S/C4H8O2S/c1-3(2-7)4(5)6/h3,7H,2H2,1H3,(H,5,6)/p-1/t3-/m0/s1. The van der Waals surface area contributed by atoms with Crippen LogP contribution in [-0.2, 0) is 4.79 Å². The summed E-state index contributed by atoms with van der Waals surface area (Å²) in [5.74, 6) is -1.11. The lowest BCUT2D eigenvalue weighted by atomic mass is 10.2. The van der Waals surface area contributed by atoms with Gasteiger partial charge in [-0.1, -0.05) is 6.92 Å². The zero-order valence-electron chi connectivity index (χ0n) is 4.05. The van der Waals surface area contributed by atoms with Crippen LogP contribution in [0.15, 0.2) is 0 Å². The van der Waals surface area contributed by atoms with Gasteiger partial charge in [-0.15, -0.1) is 0 Å². The van der Waals surface area contributed by atoms with Crippen molar-refractivity contribution >= 4 is 18.6 Å². The summed E-state index contributed by atoms with van der Waals surface area (Å²) in [6.07, 6.45) is 0. The molecular weight excluding hydrogens is 112 g/mol. The van der Waals surface area contributed by atoms with Gasteiger partial charge in [0.15, 0.2) is 0 Å². The summed E-state index contributed by atoms with van der Waals surface area (Å²) >= 11 is 3.73. The van der Waals surface area contributed by atoms with Gasteiger partial charge in [0.25, 0.3) is 0 Å². The average molecular weight is 119 g/mol. The summed E-state index contributed by atoms with van der Waals surface area (Å²) in [5, 5.41) is 9.77. The zero-order chi connectivity index (χ0) is 5.86. The van der Waals surface area contributed by atoms with E-state index in [0.717, 1.165) is 0 Å². The van der Waals surface area contributed by atoms with Gasteiger partial charge in [0.1, 0.15) is 0 Å². The molecule has 0 aromatic rings. The molecule has 0 N–H and O–H groups in total. The molecule has 42 valence electrons. The van der Waals surface area contributed by atoms with E-state index in [9.17, 15) is 9.90 Å². The summed E-state index contributed by atoms with van der Waals surface area (Å²) < 4.78 is 0. The number of rotatable bonds is 2. The van der Waals surface area contributed by atoms with Gasteiger partial charge in [0.05, 0.1) is 0 Å². The minimum atomic E-state index is -1.03. The number of hydrogen-bond donors (Lipinski definition) is 1. The first kappa shape index (κ1) is 6.82. The number of carbonyl (C=O) groups is 1. The molecule has 0 fully saturated rings. The Morgan fingerprint density at radius 1 is 2.00 bits per heavy atom. The van der Waals surface area contributed by atoms with E-state index >= 15 is 0 Å². The molecule has 0 aliphatic heterocycles. The monoisotopic (exact) mass is 119 g/mol. The van der Waals surface area contributed by atoms with Gasteiger partial charge in [-0.2, -0.15) is 12.6 Å². The predicted molar refractivity (Wildman–Crippen MR) is 28.0 cm³/mol. The van der Waals surface area contributed by atoms with Crippen molar-refractivity contribution in [2.45, 2.75) is 6.92 Å². The molecule has 0 spiro atoms. The summed E-state index contributed by atoms with van der Waals surface area (Å²) in [5.41, 5.74) is 0. The van der Waals surface area contributed by atoms with E-state index in [1.165, 1.54) is 0 Å². The summed E-state index contributed by atoms with van der Waals surface area (Å²) in [6.45, 7) is 1.56. The van der Waals surface area contributed by atoms with Crippen molar-refractivity contribution in [3.05, 3.63) is 0 Å². The van der Waals surface area contributed by atoms with Crippen molar-refractivity contribution < 1.29 is 9.90 Å². The molecule has 1 atom stereocenters. The quantitative estimate of drug-likeness (QED) is 0.488. The van der Waals surface area contributed by atoms with Crippen LogP contribution in [0.25, 0.3) is 0 Å². The normalized spacial score (nSPS) is 13.4. The molecule has 0 bridgehead atoms. The fraction of sp³-hybridized carbons (Fsp3) is 0.750. The van der Waals surface area contributed by atoms with Gasteiger partial charge >= 0.3 is 0 Å². The average Bonchev–Trinajstić information content (AvgIpc) is 1.65. The Morgan fingerprint density at radius 2 is 2.43 bits per heavy atom. The van der Waals surface area contributed by atoms with Crippen LogP contribution in [-0.4, -0.2) is 11.7 Å². The first-order valence-corrected chi connectivity index (χ1v) is 2.63. The van der Waals surface area contributed by atoms with Gasteiger partial charge in [-0.05, 0) is 5.75 Å². The third-order valence-corrected chi connectivity index (χ3v) is 1.22. The second kappa shape index (κ2) is 2.91. The van der Waals surface area contributed by atoms with E-state index in [1.54, 1.807) is 6.92 Å². The van der Waals surface area contributed by atoms with E-state index in [2.05, 4.69) is 12.6 Å². The first-order chi connectivity index (χ1) is 3.18. The van der Waals surface area contributed by atoms with Crippen molar-refractivity contribution in [3.63, 3.8) is 0 Å². The fourth-order valence-electron chi connectivity index (χ4n) is 0.0745. The molecule has 0 radical (unpaired) electrons. The Kier molecular flexibility index (Phi) is 2.83. The molecule has 0 aliphatic rings. The Morgan fingerprint density at radius 3 is 2.43 bits per heavy atom. The molecule has 0 aromatic carbocycles. The third kappa shape index (κ3) is 2.51. The lowest BCUT2D eigenvalue weighted by Crippen LogP contribution is -2.30. The molecule has 0 aliphatic carbocycles. The van der Waals surface area contributed by atoms with Gasteiger partial charge in [0.2, 0.25) is 0 Å². The Balaban J connectivity index is 3.34. The Hall–Kier alpha value is -0.180. The van der Waals surface area contributed by atoms with Crippen LogP contribution in [0.3, 0.4) is 0 Å². The second-order valence-electron chi connectivity index (χ2n) is 1.40. The molecule has 0 heterocycles. The minimum Gasteiger partial charge on any atom is -0.550 e. The smallest absolute Gasteiger partial charge is 0.0450 e. The number of hydrogen-bond acceptors (Lipinski definition) is 3. The number of thiol groups is 1. The third-order valence-electron chi connectivity index (χ3n) is 0.676. The van der Waals surface area contributed by atoms with Crippen LogP contribution < -0.4 is 5.11 Å². The molecule has 2 nitrogen and oxygen atoms in total. The number of aliphatic carboxylic acids is 1. The molecular formula is C4H7O2S-. The maximum absolute atomic E-state index is 9.77. The topological polar surface area (TPSA) is 40.1 Å². The lowest BCUT2D eigenvalue weighted by Gasteiger charge is -2.06. The maximum atomic E-state index is 9.77. The molecule has 3 heteroatoms. The van der Waals surface area contributed by atoms with Crippen molar-refractivity contribution in [2.75, 3.05) is 5.75 Å². The van der Waals surface area contributed by atoms with Crippen molar-refractivity contribution in [1.82, 2.24) is 0 Å². The second-order valence-corrected chi connectivity index (χ2v) is 1.77. The summed E-state index contributed by atoms with van der Waals surface area (Å²) in [6, 6.07) is 0. The highest BCUT2D eigenvalue weighted by atomic mass is 32.1. The molecule has 0 saturated heterocycles. The molecule has 0 amide bonds. The first-order valence-electron chi connectivity index (χ1n) is 2.00. The molecule has 0 saturated carbocycles. The SMILES string of the molecule is C[C@@H](CS)C(=O)[O-]. The van der Waals surface area contributed by atoms with E-state index in [4.69, 9.17) is 0 Å². The lowest BCUT2D eigenvalue weighted by molar-refractivity contribution is -0.310. The van der Waals surface area contributed by atoms with Crippen LogP contribution in [0.5, 0.6) is 0 Å². The van der Waals surface area contributed by atoms with Crippen molar-refractivity contribution in [2.24, 2.45) is 5.92 Å². The fourth-order valence-corrected chi connectivity index (χ4v) is 0.224. The van der Waals surface area contributed by atoms with Crippen molar-refractivity contribution in [3.8, 4) is 0 Å². The highest BCUT2D eigenvalue weighted by Gasteiger charge is 1.95.